The minimum absolute atomic E-state index is 0.0106. The maximum absolute atomic E-state index is 10.3. The highest BCUT2D eigenvalue weighted by molar-refractivity contribution is 5.35. The molecule has 0 radical (unpaired) electrons. The van der Waals surface area contributed by atoms with Gasteiger partial charge in [-0.3, -0.25) is 0 Å². The summed E-state index contributed by atoms with van der Waals surface area (Å²) in [6, 6.07) is -0.0106. The van der Waals surface area contributed by atoms with Gasteiger partial charge in [0.05, 0.1) is 12.1 Å². The number of hydrogen-bond acceptors (Lipinski definition) is 5. The topological polar surface area (TPSA) is 80.2 Å². The van der Waals surface area contributed by atoms with Crippen LogP contribution in [0.2, 0.25) is 0 Å². The van der Waals surface area contributed by atoms with Gasteiger partial charge in [0, 0.05) is 13.1 Å². The van der Waals surface area contributed by atoms with Gasteiger partial charge in [-0.2, -0.15) is 4.98 Å². The first-order valence-electron chi connectivity index (χ1n) is 7.91. The van der Waals surface area contributed by atoms with Crippen LogP contribution in [0, 0.1) is 0 Å². The van der Waals surface area contributed by atoms with Gasteiger partial charge in [0.2, 0.25) is 11.9 Å². The van der Waals surface area contributed by atoms with E-state index in [1.165, 1.54) is 25.7 Å². The van der Waals surface area contributed by atoms with Crippen molar-refractivity contribution in [2.24, 2.45) is 0 Å². The lowest BCUT2D eigenvalue weighted by atomic mass is 10.1. The second kappa shape index (κ2) is 5.99. The fourth-order valence-electron chi connectivity index (χ4n) is 3.35. The average molecular weight is 279 g/mol. The van der Waals surface area contributed by atoms with Crippen molar-refractivity contribution < 1.29 is 5.11 Å². The summed E-state index contributed by atoms with van der Waals surface area (Å²) in [5.41, 5.74) is 6.04. The van der Waals surface area contributed by atoms with E-state index in [4.69, 9.17) is 5.73 Å². The molecule has 0 aromatic carbocycles. The standard InChI is InChI=1S/C14H25N5O/c15-13-16-14(18-9-5-2-6-10-18)17-19(13)11-7-3-1-4-8-12(11)20/h11-12,20H,1-10H2,(H2,15,16,17). The number of nitrogens with zero attached hydrogens (tertiary/aromatic N) is 4. The molecule has 1 aliphatic heterocycles. The van der Waals surface area contributed by atoms with E-state index in [0.29, 0.717) is 5.95 Å². The van der Waals surface area contributed by atoms with Crippen LogP contribution in [-0.2, 0) is 0 Å². The van der Waals surface area contributed by atoms with Gasteiger partial charge in [-0.05, 0) is 32.1 Å². The van der Waals surface area contributed by atoms with E-state index in [1.54, 1.807) is 4.68 Å². The van der Waals surface area contributed by atoms with Gasteiger partial charge in [0.15, 0.2) is 0 Å². The van der Waals surface area contributed by atoms with Crippen LogP contribution in [-0.4, -0.2) is 39.1 Å². The largest absolute Gasteiger partial charge is 0.391 e. The second-order valence-corrected chi connectivity index (χ2v) is 6.03. The van der Waals surface area contributed by atoms with Gasteiger partial charge in [-0.1, -0.05) is 19.3 Å². The number of aliphatic hydroxyl groups excluding tert-OH is 1. The van der Waals surface area contributed by atoms with Crippen LogP contribution in [0.15, 0.2) is 0 Å². The zero-order valence-electron chi connectivity index (χ0n) is 12.0. The lowest BCUT2D eigenvalue weighted by molar-refractivity contribution is 0.100. The van der Waals surface area contributed by atoms with Crippen molar-refractivity contribution in [2.45, 2.75) is 63.5 Å². The molecule has 1 aromatic heterocycles. The van der Waals surface area contributed by atoms with E-state index >= 15 is 0 Å². The molecule has 1 saturated carbocycles. The third kappa shape index (κ3) is 2.75. The molecule has 6 heteroatoms. The third-order valence-corrected chi connectivity index (χ3v) is 4.54. The summed E-state index contributed by atoms with van der Waals surface area (Å²) in [6.07, 6.45) is 8.49. The molecule has 1 aliphatic carbocycles. The van der Waals surface area contributed by atoms with E-state index in [2.05, 4.69) is 15.0 Å². The summed E-state index contributed by atoms with van der Waals surface area (Å²) in [4.78, 5) is 6.63. The predicted molar refractivity (Wildman–Crippen MR) is 78.6 cm³/mol. The Morgan fingerprint density at radius 2 is 1.70 bits per heavy atom. The van der Waals surface area contributed by atoms with Gasteiger partial charge in [0.1, 0.15) is 0 Å². The first kappa shape index (κ1) is 13.7. The third-order valence-electron chi connectivity index (χ3n) is 4.54. The molecular weight excluding hydrogens is 254 g/mol. The summed E-state index contributed by atoms with van der Waals surface area (Å²) in [7, 11) is 0. The summed E-state index contributed by atoms with van der Waals surface area (Å²) in [5.74, 6) is 1.18. The molecule has 0 bridgehead atoms. The number of hydrogen-bond donors (Lipinski definition) is 2. The molecule has 3 rings (SSSR count). The Labute approximate surface area is 120 Å². The number of rotatable bonds is 2. The number of aliphatic hydroxyl groups is 1. The van der Waals surface area contributed by atoms with Gasteiger partial charge < -0.3 is 15.7 Å². The lowest BCUT2D eigenvalue weighted by Crippen LogP contribution is -2.31. The van der Waals surface area contributed by atoms with Crippen LogP contribution >= 0.6 is 0 Å². The SMILES string of the molecule is Nc1nc(N2CCCCC2)nn1C1CCCCCC1O. The number of nitrogen functional groups attached to an aromatic ring is 1. The summed E-state index contributed by atoms with van der Waals surface area (Å²) >= 11 is 0. The molecule has 2 fully saturated rings. The van der Waals surface area contributed by atoms with Crippen molar-refractivity contribution in [3.8, 4) is 0 Å². The normalized spacial score (nSPS) is 28.4. The van der Waals surface area contributed by atoms with Gasteiger partial charge in [-0.25, -0.2) is 4.68 Å². The van der Waals surface area contributed by atoms with Crippen LogP contribution in [0.1, 0.15) is 57.4 Å². The van der Waals surface area contributed by atoms with Crippen molar-refractivity contribution in [1.29, 1.82) is 0 Å². The number of anilines is 2. The van der Waals surface area contributed by atoms with Gasteiger partial charge in [0.25, 0.3) is 0 Å². The Morgan fingerprint density at radius 1 is 1.00 bits per heavy atom. The summed E-state index contributed by atoms with van der Waals surface area (Å²) in [6.45, 7) is 2.02. The fraction of sp³-hybridized carbons (Fsp3) is 0.857. The highest BCUT2D eigenvalue weighted by Crippen LogP contribution is 2.30. The predicted octanol–water partition coefficient (Wildman–Crippen LogP) is 1.72. The van der Waals surface area contributed by atoms with Crippen LogP contribution < -0.4 is 10.6 Å². The minimum Gasteiger partial charge on any atom is -0.391 e. The first-order valence-corrected chi connectivity index (χ1v) is 7.91. The Balaban J connectivity index is 1.80. The molecule has 2 heterocycles. The molecule has 0 spiro atoms. The molecular formula is C14H25N5O. The van der Waals surface area contributed by atoms with E-state index in [9.17, 15) is 5.11 Å². The van der Waals surface area contributed by atoms with Crippen molar-refractivity contribution in [2.75, 3.05) is 23.7 Å². The first-order chi connectivity index (χ1) is 9.75. The molecule has 1 saturated heterocycles. The molecule has 2 atom stereocenters. The number of aromatic nitrogens is 3. The van der Waals surface area contributed by atoms with E-state index < -0.39 is 0 Å². The quantitative estimate of drug-likeness (QED) is 0.806. The molecule has 2 unspecified atom stereocenters. The Kier molecular flexibility index (Phi) is 4.10. The van der Waals surface area contributed by atoms with E-state index in [-0.39, 0.29) is 12.1 Å². The van der Waals surface area contributed by atoms with Crippen molar-refractivity contribution in [1.82, 2.24) is 14.8 Å². The number of nitrogens with two attached hydrogens (primary N) is 1. The monoisotopic (exact) mass is 279 g/mol. The van der Waals surface area contributed by atoms with E-state index in [0.717, 1.165) is 44.7 Å². The molecule has 3 N–H and O–H groups in total. The Hall–Kier alpha value is -1.30. The second-order valence-electron chi connectivity index (χ2n) is 6.03. The van der Waals surface area contributed by atoms with Crippen molar-refractivity contribution in [3.05, 3.63) is 0 Å². The summed E-state index contributed by atoms with van der Waals surface area (Å²) < 4.78 is 1.76. The number of piperidine rings is 1. The van der Waals surface area contributed by atoms with Crippen molar-refractivity contribution >= 4 is 11.9 Å². The molecule has 2 aliphatic rings. The van der Waals surface area contributed by atoms with Gasteiger partial charge in [-0.15, -0.1) is 5.10 Å². The Bertz CT molecular complexity index is 441. The molecule has 0 amide bonds. The van der Waals surface area contributed by atoms with Crippen molar-refractivity contribution in [3.63, 3.8) is 0 Å². The Morgan fingerprint density at radius 3 is 2.50 bits per heavy atom. The smallest absolute Gasteiger partial charge is 0.246 e. The van der Waals surface area contributed by atoms with Crippen LogP contribution in [0.5, 0.6) is 0 Å². The zero-order chi connectivity index (χ0) is 13.9. The lowest BCUT2D eigenvalue weighted by Gasteiger charge is -2.25. The molecule has 20 heavy (non-hydrogen) atoms. The maximum Gasteiger partial charge on any atom is 0.246 e. The van der Waals surface area contributed by atoms with E-state index in [1.807, 2.05) is 0 Å². The maximum atomic E-state index is 10.3. The zero-order valence-corrected chi connectivity index (χ0v) is 12.0. The average Bonchev–Trinajstić information content (AvgIpc) is 2.72. The minimum atomic E-state index is -0.351. The molecule has 1 aromatic rings. The molecule has 6 nitrogen and oxygen atoms in total. The molecule has 112 valence electrons. The van der Waals surface area contributed by atoms with Gasteiger partial charge >= 0.3 is 0 Å². The summed E-state index contributed by atoms with van der Waals surface area (Å²) in [5, 5.41) is 14.9. The highest BCUT2D eigenvalue weighted by Gasteiger charge is 2.27. The van der Waals surface area contributed by atoms with Crippen LogP contribution in [0.25, 0.3) is 0 Å². The van der Waals surface area contributed by atoms with Crippen LogP contribution in [0.4, 0.5) is 11.9 Å². The van der Waals surface area contributed by atoms with Crippen LogP contribution in [0.3, 0.4) is 0 Å². The highest BCUT2D eigenvalue weighted by atomic mass is 16.3. The fourth-order valence-corrected chi connectivity index (χ4v) is 3.35.